The number of nitrogens with zero attached hydrogens (tertiary/aromatic N) is 1. The van der Waals surface area contributed by atoms with E-state index in [0.29, 0.717) is 76.5 Å². The van der Waals surface area contributed by atoms with Crippen LogP contribution in [0.25, 0.3) is 11.3 Å². The quantitative estimate of drug-likeness (QED) is 0.468. The number of sulfonamides is 1. The number of nitrogens with one attached hydrogen (secondary N) is 1. The van der Waals surface area contributed by atoms with E-state index >= 15 is 0 Å². The first-order chi connectivity index (χ1) is 19.5. The van der Waals surface area contributed by atoms with Gasteiger partial charge in [-0.25, -0.2) is 18.1 Å². The fraction of sp³-hybridized carbons (Fsp3) is 0.438. The molecular weight excluding hydrogens is 596 g/mol. The second-order valence-electron chi connectivity index (χ2n) is 13.1. The molecule has 2 aromatic rings. The molecule has 43 heavy (non-hydrogen) atoms. The maximum atomic E-state index is 13.7. The molecule has 0 bridgehead atoms. The first-order valence-corrected chi connectivity index (χ1v) is 15.8. The Morgan fingerprint density at radius 1 is 0.953 bits per heavy atom. The Hall–Kier alpha value is -2.15. The molecule has 0 saturated heterocycles. The Morgan fingerprint density at radius 3 is 2.02 bits per heavy atom. The molecule has 3 aliphatic rings. The molecule has 2 aliphatic carbocycles. The molecule has 223 valence electrons. The standard InChI is InChI=1S/C32H36N2O7S.K/c1-17-8-10-20(33-29(17)30(37)34-42(7,38)39)18-9-11-23(40-6)19(12-18)26-27-21(35)13-31(2,3)15-24(27)41-25-16-32(4,5)14-22(36)28(25)26;/h8-12,26H,13-16H2,1-7H3,(H,34,37);. The molecule has 0 saturated carbocycles. The molecule has 1 radical (unpaired) electrons. The van der Waals surface area contributed by atoms with E-state index in [2.05, 4.69) is 4.98 Å². The van der Waals surface area contributed by atoms with E-state index in [0.717, 1.165) is 6.26 Å². The summed E-state index contributed by atoms with van der Waals surface area (Å²) in [5.74, 6) is 0.0842. The van der Waals surface area contributed by atoms with E-state index in [1.54, 1.807) is 31.2 Å². The van der Waals surface area contributed by atoms with Gasteiger partial charge in [-0.15, -0.1) is 0 Å². The molecule has 0 atom stereocenters. The fourth-order valence-corrected chi connectivity index (χ4v) is 6.67. The number of methoxy groups -OCH3 is 1. The van der Waals surface area contributed by atoms with Gasteiger partial charge >= 0.3 is 0 Å². The van der Waals surface area contributed by atoms with Crippen molar-refractivity contribution in [2.45, 2.75) is 66.2 Å². The number of rotatable bonds is 5. The zero-order valence-electron chi connectivity index (χ0n) is 26.0. The largest absolute Gasteiger partial charge is 0.496 e. The molecule has 1 aromatic carbocycles. The van der Waals surface area contributed by atoms with Gasteiger partial charge in [-0.05, 0) is 47.6 Å². The Balaban J connectivity index is 0.00000423. The maximum absolute atomic E-state index is 13.7. The molecule has 5 rings (SSSR count). The summed E-state index contributed by atoms with van der Waals surface area (Å²) in [5, 5.41) is 0. The Labute approximate surface area is 295 Å². The van der Waals surface area contributed by atoms with E-state index in [4.69, 9.17) is 9.47 Å². The van der Waals surface area contributed by atoms with Crippen molar-refractivity contribution < 1.29 is 32.3 Å². The minimum Gasteiger partial charge on any atom is -0.496 e. The number of allylic oxidation sites excluding steroid dienone is 4. The third-order valence-electron chi connectivity index (χ3n) is 8.01. The predicted molar refractivity (Wildman–Crippen MR) is 163 cm³/mol. The van der Waals surface area contributed by atoms with Crippen LogP contribution in [0.3, 0.4) is 0 Å². The first-order valence-electron chi connectivity index (χ1n) is 13.9. The number of carbonyl (C=O) groups excluding carboxylic acids is 3. The Morgan fingerprint density at radius 2 is 1.51 bits per heavy atom. The van der Waals surface area contributed by atoms with Crippen molar-refractivity contribution in [3.63, 3.8) is 0 Å². The predicted octanol–water partition coefficient (Wildman–Crippen LogP) is 4.77. The number of hydrogen-bond acceptors (Lipinski definition) is 8. The van der Waals surface area contributed by atoms with Gasteiger partial charge in [0.25, 0.3) is 5.91 Å². The number of amides is 1. The SMILES string of the molecule is COc1ccc(-c2ccc(C)c(C(=O)NS(C)(=O)=O)n2)cc1C1C2=C(CC(C)(C)CC2=O)OC2=C1C(=O)CC(C)(C)C2.[K]. The molecule has 11 heteroatoms. The topological polar surface area (TPSA) is 129 Å². The fourth-order valence-electron chi connectivity index (χ4n) is 6.24. The Bertz CT molecular complexity index is 1670. The van der Waals surface area contributed by atoms with Crippen LogP contribution in [0.2, 0.25) is 0 Å². The van der Waals surface area contributed by atoms with Crippen LogP contribution in [0, 0.1) is 17.8 Å². The average molecular weight is 632 g/mol. The summed E-state index contributed by atoms with van der Waals surface area (Å²) in [5.41, 5.74) is 2.56. The summed E-state index contributed by atoms with van der Waals surface area (Å²) in [4.78, 5) is 44.7. The van der Waals surface area contributed by atoms with Crippen molar-refractivity contribution >= 4 is 78.9 Å². The number of aromatic nitrogens is 1. The zero-order chi connectivity index (χ0) is 30.8. The summed E-state index contributed by atoms with van der Waals surface area (Å²) >= 11 is 0. The molecule has 2 heterocycles. The van der Waals surface area contributed by atoms with Gasteiger partial charge in [-0.3, -0.25) is 14.4 Å². The van der Waals surface area contributed by atoms with E-state index in [9.17, 15) is 22.8 Å². The van der Waals surface area contributed by atoms with E-state index in [1.807, 2.05) is 38.5 Å². The second kappa shape index (κ2) is 12.0. The monoisotopic (exact) mass is 631 g/mol. The van der Waals surface area contributed by atoms with Crippen molar-refractivity contribution in [1.82, 2.24) is 9.71 Å². The van der Waals surface area contributed by atoms with Crippen molar-refractivity contribution in [3.05, 3.63) is 69.8 Å². The summed E-state index contributed by atoms with van der Waals surface area (Å²) in [7, 11) is -2.25. The van der Waals surface area contributed by atoms with Gasteiger partial charge in [0.05, 0.1) is 25.0 Å². The van der Waals surface area contributed by atoms with Gasteiger partial charge in [0.2, 0.25) is 10.0 Å². The van der Waals surface area contributed by atoms with Crippen LogP contribution in [0.1, 0.15) is 80.9 Å². The van der Waals surface area contributed by atoms with Gasteiger partial charge in [-0.2, -0.15) is 0 Å². The minimum atomic E-state index is -3.79. The van der Waals surface area contributed by atoms with Gasteiger partial charge < -0.3 is 9.47 Å². The number of hydrogen-bond donors (Lipinski definition) is 1. The normalized spacial score (nSPS) is 19.6. The van der Waals surface area contributed by atoms with Gasteiger partial charge in [-0.1, -0.05) is 33.8 Å². The Kier molecular flexibility index (Phi) is 9.40. The van der Waals surface area contributed by atoms with E-state index in [-0.39, 0.29) is 79.5 Å². The third-order valence-corrected chi connectivity index (χ3v) is 8.56. The van der Waals surface area contributed by atoms with Gasteiger partial charge in [0.1, 0.15) is 23.0 Å². The smallest absolute Gasteiger partial charge is 0.283 e. The molecule has 1 N–H and O–H groups in total. The summed E-state index contributed by atoms with van der Waals surface area (Å²) < 4.78 is 37.5. The van der Waals surface area contributed by atoms with Crippen molar-refractivity contribution in [1.29, 1.82) is 0 Å². The van der Waals surface area contributed by atoms with Crippen molar-refractivity contribution in [2.75, 3.05) is 13.4 Å². The van der Waals surface area contributed by atoms with Crippen LogP contribution >= 0.6 is 0 Å². The molecule has 0 spiro atoms. The van der Waals surface area contributed by atoms with Crippen LogP contribution in [-0.4, -0.2) is 95.6 Å². The minimum absolute atomic E-state index is 0. The summed E-state index contributed by atoms with van der Waals surface area (Å²) in [6.45, 7) is 9.82. The number of ketones is 2. The van der Waals surface area contributed by atoms with Gasteiger partial charge in [0, 0.05) is 99.3 Å². The average Bonchev–Trinajstić information content (AvgIpc) is 2.84. The van der Waals surface area contributed by atoms with Gasteiger partial charge in [0.15, 0.2) is 11.6 Å². The molecule has 0 unspecified atom stereocenters. The zero-order valence-corrected chi connectivity index (χ0v) is 29.9. The van der Waals surface area contributed by atoms with Crippen LogP contribution in [-0.2, 0) is 24.3 Å². The van der Waals surface area contributed by atoms with Crippen LogP contribution in [0.15, 0.2) is 53.0 Å². The number of benzene rings is 1. The van der Waals surface area contributed by atoms with Crippen molar-refractivity contribution in [3.8, 4) is 17.0 Å². The summed E-state index contributed by atoms with van der Waals surface area (Å²) in [6, 6.07) is 8.80. The first kappa shape index (κ1) is 33.7. The molecule has 1 aliphatic heterocycles. The molecular formula is C32H36KN2O7S. The number of Topliss-reactive ketones (excluding diaryl/α,β-unsaturated/α-hetero) is 2. The molecule has 0 fully saturated rings. The molecule has 9 nitrogen and oxygen atoms in total. The van der Waals surface area contributed by atoms with Crippen LogP contribution in [0.5, 0.6) is 5.75 Å². The maximum Gasteiger partial charge on any atom is 0.283 e. The number of ether oxygens (including phenoxy) is 2. The van der Waals surface area contributed by atoms with E-state index < -0.39 is 21.8 Å². The van der Waals surface area contributed by atoms with Crippen LogP contribution in [0.4, 0.5) is 0 Å². The molecule has 1 amide bonds. The molecule has 1 aromatic heterocycles. The third kappa shape index (κ3) is 6.92. The number of pyridine rings is 1. The van der Waals surface area contributed by atoms with E-state index in [1.165, 1.54) is 7.11 Å². The second-order valence-corrected chi connectivity index (χ2v) is 14.9. The number of carbonyl (C=O) groups is 3. The van der Waals surface area contributed by atoms with Crippen molar-refractivity contribution in [2.24, 2.45) is 10.8 Å². The summed E-state index contributed by atoms with van der Waals surface area (Å²) in [6.07, 6.45) is 2.69. The van der Waals surface area contributed by atoms with Crippen LogP contribution < -0.4 is 9.46 Å². The number of aryl methyl sites for hydroxylation is 1.